The first-order valence-electron chi connectivity index (χ1n) is 4.42. The molecule has 13 heavy (non-hydrogen) atoms. The number of nitrogens with zero attached hydrogens (tertiary/aromatic N) is 3. The Bertz CT molecular complexity index is 176. The fraction of sp³-hybridized carbons (Fsp3) is 0.778. The van der Waals surface area contributed by atoms with E-state index in [2.05, 4.69) is 0 Å². The Morgan fingerprint density at radius 1 is 1.00 bits per heavy atom. The fourth-order valence-corrected chi connectivity index (χ4v) is 1.04. The van der Waals surface area contributed by atoms with E-state index in [0.29, 0.717) is 13.1 Å². The predicted molar refractivity (Wildman–Crippen MR) is 48.6 cm³/mol. The highest BCUT2D eigenvalue weighted by Crippen LogP contribution is 1.97. The Hall–Kier alpha value is -1.10. The van der Waals surface area contributed by atoms with E-state index >= 15 is 0 Å². The first kappa shape index (κ1) is 11.9. The third kappa shape index (κ3) is 7.27. The quantitative estimate of drug-likeness (QED) is 0.458. The van der Waals surface area contributed by atoms with Crippen molar-refractivity contribution in [1.82, 2.24) is 4.90 Å². The van der Waals surface area contributed by atoms with Gasteiger partial charge in [-0.2, -0.15) is 10.5 Å². The van der Waals surface area contributed by atoms with Gasteiger partial charge in [0.05, 0.1) is 25.2 Å². The first-order chi connectivity index (χ1) is 6.35. The van der Waals surface area contributed by atoms with Gasteiger partial charge < -0.3 is 5.11 Å². The van der Waals surface area contributed by atoms with Crippen molar-refractivity contribution in [3.63, 3.8) is 0 Å². The minimum atomic E-state index is 0.219. The van der Waals surface area contributed by atoms with Crippen LogP contribution >= 0.6 is 0 Å². The molecule has 0 heterocycles. The van der Waals surface area contributed by atoms with Crippen molar-refractivity contribution in [3.8, 4) is 12.1 Å². The maximum absolute atomic E-state index is 8.52. The van der Waals surface area contributed by atoms with Gasteiger partial charge in [0.15, 0.2) is 0 Å². The van der Waals surface area contributed by atoms with E-state index in [1.807, 2.05) is 12.1 Å². The van der Waals surface area contributed by atoms with Gasteiger partial charge in [0.1, 0.15) is 0 Å². The maximum atomic E-state index is 8.52. The molecule has 0 aromatic carbocycles. The van der Waals surface area contributed by atoms with Crippen molar-refractivity contribution in [2.24, 2.45) is 0 Å². The zero-order chi connectivity index (χ0) is 9.94. The molecular weight excluding hydrogens is 166 g/mol. The van der Waals surface area contributed by atoms with Crippen LogP contribution in [0.2, 0.25) is 0 Å². The number of hydrogen-bond donors (Lipinski definition) is 1. The van der Waals surface area contributed by atoms with Gasteiger partial charge in [-0.15, -0.1) is 0 Å². The summed E-state index contributed by atoms with van der Waals surface area (Å²) in [5.41, 5.74) is 0. The lowest BCUT2D eigenvalue weighted by atomic mass is 10.2. The number of rotatable bonds is 7. The summed E-state index contributed by atoms with van der Waals surface area (Å²) in [4.78, 5) is 1.80. The van der Waals surface area contributed by atoms with Crippen LogP contribution in [0.25, 0.3) is 0 Å². The second kappa shape index (κ2) is 8.99. The molecule has 0 saturated carbocycles. The molecular formula is C9H15N3O. The van der Waals surface area contributed by atoms with Crippen LogP contribution < -0.4 is 0 Å². The third-order valence-electron chi connectivity index (χ3n) is 1.72. The van der Waals surface area contributed by atoms with Gasteiger partial charge in [-0.1, -0.05) is 0 Å². The van der Waals surface area contributed by atoms with Crippen LogP contribution in [0.3, 0.4) is 0 Å². The average molecular weight is 181 g/mol. The summed E-state index contributed by atoms with van der Waals surface area (Å²) in [6.45, 7) is 1.61. The largest absolute Gasteiger partial charge is 0.396 e. The molecule has 4 nitrogen and oxygen atoms in total. The SMILES string of the molecule is N#CCN(CC#N)CCCCCO. The second-order valence-electron chi connectivity index (χ2n) is 2.81. The van der Waals surface area contributed by atoms with E-state index in [-0.39, 0.29) is 6.61 Å². The van der Waals surface area contributed by atoms with Crippen molar-refractivity contribution < 1.29 is 5.11 Å². The Kier molecular flexibility index (Phi) is 8.23. The number of aliphatic hydroxyl groups is 1. The fourth-order valence-electron chi connectivity index (χ4n) is 1.04. The molecule has 72 valence electrons. The van der Waals surface area contributed by atoms with Crippen molar-refractivity contribution in [2.45, 2.75) is 19.3 Å². The van der Waals surface area contributed by atoms with Crippen molar-refractivity contribution in [1.29, 1.82) is 10.5 Å². The summed E-state index contributed by atoms with van der Waals surface area (Å²) in [7, 11) is 0. The molecule has 0 aromatic rings. The Morgan fingerprint density at radius 3 is 2.08 bits per heavy atom. The zero-order valence-corrected chi connectivity index (χ0v) is 7.74. The van der Waals surface area contributed by atoms with Gasteiger partial charge in [-0.3, -0.25) is 4.90 Å². The van der Waals surface area contributed by atoms with Crippen molar-refractivity contribution in [2.75, 3.05) is 26.2 Å². The van der Waals surface area contributed by atoms with Gasteiger partial charge in [0, 0.05) is 13.2 Å². The van der Waals surface area contributed by atoms with Gasteiger partial charge >= 0.3 is 0 Å². The van der Waals surface area contributed by atoms with Crippen LogP contribution in [0.5, 0.6) is 0 Å². The highest BCUT2D eigenvalue weighted by molar-refractivity contribution is 4.83. The highest BCUT2D eigenvalue weighted by Gasteiger charge is 2.01. The molecule has 0 unspecified atom stereocenters. The highest BCUT2D eigenvalue weighted by atomic mass is 16.2. The number of hydrogen-bond acceptors (Lipinski definition) is 4. The summed E-state index contributed by atoms with van der Waals surface area (Å²) in [6.07, 6.45) is 2.68. The third-order valence-corrected chi connectivity index (χ3v) is 1.72. The molecule has 0 aliphatic heterocycles. The van der Waals surface area contributed by atoms with Gasteiger partial charge in [0.25, 0.3) is 0 Å². The first-order valence-corrected chi connectivity index (χ1v) is 4.42. The van der Waals surface area contributed by atoms with Crippen LogP contribution in [-0.4, -0.2) is 36.2 Å². The summed E-state index contributed by atoms with van der Waals surface area (Å²) in [6, 6.07) is 4.04. The lowest BCUT2D eigenvalue weighted by molar-refractivity contribution is 0.273. The minimum absolute atomic E-state index is 0.219. The predicted octanol–water partition coefficient (Wildman–Crippen LogP) is 0.498. The topological polar surface area (TPSA) is 71.0 Å². The summed E-state index contributed by atoms with van der Waals surface area (Å²) in [5.74, 6) is 0. The van der Waals surface area contributed by atoms with Crippen LogP contribution in [-0.2, 0) is 0 Å². The lowest BCUT2D eigenvalue weighted by Crippen LogP contribution is -2.25. The molecule has 0 bridgehead atoms. The molecule has 0 aliphatic rings. The molecule has 0 aromatic heterocycles. The van der Waals surface area contributed by atoms with E-state index in [9.17, 15) is 0 Å². The van der Waals surface area contributed by atoms with E-state index in [4.69, 9.17) is 15.6 Å². The monoisotopic (exact) mass is 181 g/mol. The molecule has 0 aliphatic carbocycles. The molecule has 4 heteroatoms. The Morgan fingerprint density at radius 2 is 1.62 bits per heavy atom. The molecule has 0 fully saturated rings. The Balaban J connectivity index is 3.47. The van der Waals surface area contributed by atoms with Crippen molar-refractivity contribution in [3.05, 3.63) is 0 Å². The molecule has 0 atom stereocenters. The van der Waals surface area contributed by atoms with Crippen LogP contribution in [0.1, 0.15) is 19.3 Å². The van der Waals surface area contributed by atoms with E-state index in [1.165, 1.54) is 0 Å². The number of aliphatic hydroxyl groups excluding tert-OH is 1. The van der Waals surface area contributed by atoms with Crippen LogP contribution in [0.4, 0.5) is 0 Å². The van der Waals surface area contributed by atoms with Gasteiger partial charge in [-0.05, 0) is 19.3 Å². The number of nitriles is 2. The standard InChI is InChI=1S/C9H15N3O/c10-4-7-12(8-5-11)6-2-1-3-9-13/h13H,1-3,6-9H2. The molecule has 0 radical (unpaired) electrons. The van der Waals surface area contributed by atoms with E-state index in [0.717, 1.165) is 25.8 Å². The normalized spacial score (nSPS) is 9.54. The summed E-state index contributed by atoms with van der Waals surface area (Å²) < 4.78 is 0. The van der Waals surface area contributed by atoms with Crippen molar-refractivity contribution >= 4 is 0 Å². The molecule has 1 N–H and O–H groups in total. The summed E-state index contributed by atoms with van der Waals surface area (Å²) >= 11 is 0. The average Bonchev–Trinajstić information content (AvgIpc) is 2.13. The molecule has 0 rings (SSSR count). The van der Waals surface area contributed by atoms with Gasteiger partial charge in [0.2, 0.25) is 0 Å². The minimum Gasteiger partial charge on any atom is -0.396 e. The van der Waals surface area contributed by atoms with Crippen LogP contribution in [0.15, 0.2) is 0 Å². The summed E-state index contributed by atoms with van der Waals surface area (Å²) in [5, 5.41) is 25.4. The molecule has 0 amide bonds. The number of unbranched alkanes of at least 4 members (excludes halogenated alkanes) is 2. The second-order valence-corrected chi connectivity index (χ2v) is 2.81. The zero-order valence-electron chi connectivity index (χ0n) is 7.74. The Labute approximate surface area is 79.0 Å². The van der Waals surface area contributed by atoms with Gasteiger partial charge in [-0.25, -0.2) is 0 Å². The molecule has 0 saturated heterocycles. The smallest absolute Gasteiger partial charge is 0.0874 e. The maximum Gasteiger partial charge on any atom is 0.0874 e. The molecule has 0 spiro atoms. The van der Waals surface area contributed by atoms with E-state index in [1.54, 1.807) is 4.90 Å². The van der Waals surface area contributed by atoms with E-state index < -0.39 is 0 Å². The lowest BCUT2D eigenvalue weighted by Gasteiger charge is -2.14. The van der Waals surface area contributed by atoms with Crippen LogP contribution in [0, 0.1) is 22.7 Å².